The number of hydrogen-bond donors (Lipinski definition) is 1. The summed E-state index contributed by atoms with van der Waals surface area (Å²) < 4.78 is 5.49. The number of para-hydroxylation sites is 2. The predicted molar refractivity (Wildman–Crippen MR) is 107 cm³/mol. The number of ether oxygens (including phenoxy) is 1. The second-order valence-electron chi connectivity index (χ2n) is 8.09. The molecule has 3 heterocycles. The molecule has 0 spiro atoms. The second-order valence-corrected chi connectivity index (χ2v) is 8.09. The van der Waals surface area contributed by atoms with E-state index in [4.69, 9.17) is 4.74 Å². The number of rotatable bonds is 5. The van der Waals surface area contributed by atoms with E-state index in [1.54, 1.807) is 7.11 Å². The lowest BCUT2D eigenvalue weighted by atomic mass is 10.1. The van der Waals surface area contributed by atoms with Gasteiger partial charge < -0.3 is 19.9 Å². The molecule has 2 unspecified atom stereocenters. The number of anilines is 1. The van der Waals surface area contributed by atoms with Crippen molar-refractivity contribution in [3.05, 3.63) is 24.3 Å². The molecule has 0 aromatic heterocycles. The average Bonchev–Trinajstić information content (AvgIpc) is 3.47. The number of carbonyl (C=O) groups is 1. The second kappa shape index (κ2) is 8.38. The molecule has 1 aromatic rings. The molecule has 3 fully saturated rings. The van der Waals surface area contributed by atoms with E-state index >= 15 is 0 Å². The van der Waals surface area contributed by atoms with Gasteiger partial charge in [-0.15, -0.1) is 0 Å². The van der Waals surface area contributed by atoms with Crippen molar-refractivity contribution < 1.29 is 9.53 Å². The molecule has 6 nitrogen and oxygen atoms in total. The molecular weight excluding hydrogens is 340 g/mol. The van der Waals surface area contributed by atoms with Gasteiger partial charge in [-0.05, 0) is 56.8 Å². The first-order valence-electron chi connectivity index (χ1n) is 10.4. The Kier molecular flexibility index (Phi) is 5.72. The highest BCUT2D eigenvalue weighted by Crippen LogP contribution is 2.31. The van der Waals surface area contributed by atoms with Gasteiger partial charge in [-0.2, -0.15) is 0 Å². The lowest BCUT2D eigenvalue weighted by Gasteiger charge is -2.24. The van der Waals surface area contributed by atoms with E-state index in [2.05, 4.69) is 27.2 Å². The van der Waals surface area contributed by atoms with Gasteiger partial charge in [0.1, 0.15) is 5.75 Å². The Morgan fingerprint density at radius 2 is 1.93 bits per heavy atom. The van der Waals surface area contributed by atoms with Crippen LogP contribution in [0.15, 0.2) is 24.3 Å². The molecule has 0 radical (unpaired) electrons. The van der Waals surface area contributed by atoms with E-state index in [1.807, 2.05) is 17.0 Å². The molecule has 148 valence electrons. The number of methoxy groups -OCH3 is 1. The van der Waals surface area contributed by atoms with Crippen LogP contribution in [-0.4, -0.2) is 74.8 Å². The van der Waals surface area contributed by atoms with Gasteiger partial charge in [0.2, 0.25) is 0 Å². The van der Waals surface area contributed by atoms with Crippen LogP contribution in [0.1, 0.15) is 25.7 Å². The van der Waals surface area contributed by atoms with Crippen LogP contribution < -0.4 is 15.0 Å². The molecule has 0 aliphatic carbocycles. The molecule has 1 N–H and O–H groups in total. The Hall–Kier alpha value is -1.95. The minimum Gasteiger partial charge on any atom is -0.495 e. The SMILES string of the molecule is COc1ccccc1N1CCC(CNC(=O)N2CCC(N3CCCC3)C2)C1. The number of likely N-dealkylation sites (tertiary alicyclic amines) is 2. The Bertz CT molecular complexity index is 647. The first-order chi connectivity index (χ1) is 13.2. The summed E-state index contributed by atoms with van der Waals surface area (Å²) >= 11 is 0. The fourth-order valence-electron chi connectivity index (χ4n) is 4.78. The molecule has 4 rings (SSSR count). The van der Waals surface area contributed by atoms with Gasteiger partial charge in [-0.25, -0.2) is 4.79 Å². The molecule has 3 saturated heterocycles. The van der Waals surface area contributed by atoms with Crippen molar-refractivity contribution >= 4 is 11.7 Å². The third kappa shape index (κ3) is 4.15. The highest BCUT2D eigenvalue weighted by atomic mass is 16.5. The normalized spacial score (nSPS) is 26.0. The number of nitrogens with one attached hydrogen (secondary N) is 1. The minimum absolute atomic E-state index is 0.118. The Labute approximate surface area is 162 Å². The number of benzene rings is 1. The summed E-state index contributed by atoms with van der Waals surface area (Å²) in [7, 11) is 1.72. The topological polar surface area (TPSA) is 48.1 Å². The quantitative estimate of drug-likeness (QED) is 0.862. The van der Waals surface area contributed by atoms with E-state index in [1.165, 1.54) is 25.9 Å². The molecule has 27 heavy (non-hydrogen) atoms. The summed E-state index contributed by atoms with van der Waals surface area (Å²) in [6.07, 6.45) is 4.85. The minimum atomic E-state index is 0.118. The summed E-state index contributed by atoms with van der Waals surface area (Å²) in [5, 5.41) is 3.19. The zero-order valence-corrected chi connectivity index (χ0v) is 16.4. The van der Waals surface area contributed by atoms with Crippen molar-refractivity contribution in [2.24, 2.45) is 5.92 Å². The van der Waals surface area contributed by atoms with Crippen LogP contribution in [0.25, 0.3) is 0 Å². The van der Waals surface area contributed by atoms with E-state index in [-0.39, 0.29) is 6.03 Å². The molecule has 2 amide bonds. The van der Waals surface area contributed by atoms with Gasteiger partial charge >= 0.3 is 6.03 Å². The lowest BCUT2D eigenvalue weighted by molar-refractivity contribution is 0.197. The van der Waals surface area contributed by atoms with Crippen molar-refractivity contribution in [1.82, 2.24) is 15.1 Å². The number of amides is 2. The van der Waals surface area contributed by atoms with E-state index in [0.717, 1.165) is 57.0 Å². The molecule has 1 aromatic carbocycles. The van der Waals surface area contributed by atoms with Gasteiger partial charge in [0.05, 0.1) is 12.8 Å². The van der Waals surface area contributed by atoms with Crippen molar-refractivity contribution in [3.8, 4) is 5.75 Å². The van der Waals surface area contributed by atoms with Crippen LogP contribution in [0.2, 0.25) is 0 Å². The van der Waals surface area contributed by atoms with Crippen molar-refractivity contribution in [2.45, 2.75) is 31.7 Å². The maximum absolute atomic E-state index is 12.6. The van der Waals surface area contributed by atoms with Gasteiger partial charge in [0, 0.05) is 38.8 Å². The highest BCUT2D eigenvalue weighted by molar-refractivity contribution is 5.74. The summed E-state index contributed by atoms with van der Waals surface area (Å²) in [4.78, 5) is 19.5. The van der Waals surface area contributed by atoms with Gasteiger partial charge in [0.25, 0.3) is 0 Å². The van der Waals surface area contributed by atoms with E-state index in [0.29, 0.717) is 12.0 Å². The number of carbonyl (C=O) groups excluding carboxylic acids is 1. The van der Waals surface area contributed by atoms with Crippen LogP contribution in [0.3, 0.4) is 0 Å². The van der Waals surface area contributed by atoms with Gasteiger partial charge in [0.15, 0.2) is 0 Å². The maximum Gasteiger partial charge on any atom is 0.317 e. The van der Waals surface area contributed by atoms with Gasteiger partial charge in [-0.1, -0.05) is 12.1 Å². The zero-order valence-electron chi connectivity index (χ0n) is 16.4. The number of urea groups is 1. The van der Waals surface area contributed by atoms with Crippen LogP contribution in [-0.2, 0) is 0 Å². The van der Waals surface area contributed by atoms with Crippen molar-refractivity contribution in [3.63, 3.8) is 0 Å². The summed E-state index contributed by atoms with van der Waals surface area (Å²) in [5.74, 6) is 1.42. The smallest absolute Gasteiger partial charge is 0.317 e. The molecule has 0 bridgehead atoms. The summed E-state index contributed by atoms with van der Waals surface area (Å²) in [6, 6.07) is 8.87. The molecular formula is C21H32N4O2. The molecule has 3 aliphatic heterocycles. The Morgan fingerprint density at radius 3 is 2.74 bits per heavy atom. The molecule has 6 heteroatoms. The number of hydrogen-bond acceptors (Lipinski definition) is 4. The van der Waals surface area contributed by atoms with E-state index in [9.17, 15) is 4.79 Å². The monoisotopic (exact) mass is 372 g/mol. The fraction of sp³-hybridized carbons (Fsp3) is 0.667. The molecule has 2 atom stereocenters. The first kappa shape index (κ1) is 18.4. The average molecular weight is 373 g/mol. The third-order valence-electron chi connectivity index (χ3n) is 6.36. The fourth-order valence-corrected chi connectivity index (χ4v) is 4.78. The van der Waals surface area contributed by atoms with Crippen molar-refractivity contribution in [1.29, 1.82) is 0 Å². The lowest BCUT2D eigenvalue weighted by Crippen LogP contribution is -2.43. The predicted octanol–water partition coefficient (Wildman–Crippen LogP) is 2.40. The van der Waals surface area contributed by atoms with Crippen LogP contribution in [0, 0.1) is 5.92 Å². The standard InChI is InChI=1S/C21H32N4O2/c1-27-20-7-3-2-6-19(20)24-12-8-17(15-24)14-22-21(26)25-13-9-18(16-25)23-10-4-5-11-23/h2-3,6-7,17-18H,4-5,8-16H2,1H3,(H,22,26). The number of nitrogens with zero attached hydrogens (tertiary/aromatic N) is 3. The largest absolute Gasteiger partial charge is 0.495 e. The zero-order chi connectivity index (χ0) is 18.6. The molecule has 3 aliphatic rings. The van der Waals surface area contributed by atoms with Gasteiger partial charge in [-0.3, -0.25) is 4.90 Å². The van der Waals surface area contributed by atoms with Crippen LogP contribution in [0.5, 0.6) is 5.75 Å². The Balaban J connectivity index is 1.23. The third-order valence-corrected chi connectivity index (χ3v) is 6.36. The summed E-state index contributed by atoms with van der Waals surface area (Å²) in [5.41, 5.74) is 1.15. The highest BCUT2D eigenvalue weighted by Gasteiger charge is 2.32. The van der Waals surface area contributed by atoms with Crippen LogP contribution >= 0.6 is 0 Å². The molecule has 0 saturated carbocycles. The maximum atomic E-state index is 12.6. The van der Waals surface area contributed by atoms with Crippen molar-refractivity contribution in [2.75, 3.05) is 57.8 Å². The summed E-state index contributed by atoms with van der Waals surface area (Å²) in [6.45, 7) is 6.95. The van der Waals surface area contributed by atoms with Crippen LogP contribution in [0.4, 0.5) is 10.5 Å². The first-order valence-corrected chi connectivity index (χ1v) is 10.4. The Morgan fingerprint density at radius 1 is 1.11 bits per heavy atom. The van der Waals surface area contributed by atoms with E-state index < -0.39 is 0 Å².